The molecule has 0 aromatic carbocycles. The molecule has 0 bridgehead atoms. The van der Waals surface area contributed by atoms with Crippen molar-refractivity contribution < 1.29 is 28.9 Å². The summed E-state index contributed by atoms with van der Waals surface area (Å²) in [6.07, 6.45) is 12.0. The van der Waals surface area contributed by atoms with Crippen molar-refractivity contribution >= 4 is 8.03 Å². The Labute approximate surface area is 136 Å². The standard InChI is InChI=1S/C15H33NO5P/c1-19-16(20-2,21-3)14-12-10-8-6-4-5-7-9-11-13-15-22(17)18/h4-15H2,1-3H3/q+1/p+1. The summed E-state index contributed by atoms with van der Waals surface area (Å²) in [6, 6.07) is 0. The van der Waals surface area contributed by atoms with Gasteiger partial charge in [0.1, 0.15) is 21.3 Å². The highest BCUT2D eigenvalue weighted by molar-refractivity contribution is 7.37. The average Bonchev–Trinajstić information content (AvgIpc) is 2.52. The number of hydrogen-bond acceptors (Lipinski definition) is 4. The zero-order valence-corrected chi connectivity index (χ0v) is 15.4. The Hall–Kier alpha value is -0.100. The maximum absolute atomic E-state index is 10.5. The summed E-state index contributed by atoms with van der Waals surface area (Å²) in [5.74, 6) is 0. The van der Waals surface area contributed by atoms with E-state index in [1.54, 1.807) is 21.3 Å². The van der Waals surface area contributed by atoms with Gasteiger partial charge in [-0.1, -0.05) is 38.5 Å². The Morgan fingerprint density at radius 2 is 1.09 bits per heavy atom. The van der Waals surface area contributed by atoms with E-state index in [-0.39, 0.29) is 4.97 Å². The summed E-state index contributed by atoms with van der Waals surface area (Å²) >= 11 is 0. The van der Waals surface area contributed by atoms with Crippen molar-refractivity contribution in [2.45, 2.75) is 64.2 Å². The molecule has 132 valence electrons. The van der Waals surface area contributed by atoms with Crippen LogP contribution in [0.25, 0.3) is 0 Å². The smallest absolute Gasteiger partial charge is 0.161 e. The van der Waals surface area contributed by atoms with Gasteiger partial charge in [0.2, 0.25) is 0 Å². The van der Waals surface area contributed by atoms with Gasteiger partial charge in [-0.3, -0.25) is 0 Å². The van der Waals surface area contributed by atoms with Crippen LogP contribution in [0.15, 0.2) is 0 Å². The lowest BCUT2D eigenvalue weighted by atomic mass is 10.1. The van der Waals surface area contributed by atoms with Gasteiger partial charge < -0.3 is 0 Å². The highest BCUT2D eigenvalue weighted by Gasteiger charge is 2.29. The van der Waals surface area contributed by atoms with E-state index < -0.39 is 8.03 Å². The zero-order chi connectivity index (χ0) is 16.7. The predicted molar refractivity (Wildman–Crippen MR) is 87.0 cm³/mol. The highest BCUT2D eigenvalue weighted by atomic mass is 31.1. The summed E-state index contributed by atoms with van der Waals surface area (Å²) in [4.78, 5) is 24.1. The van der Waals surface area contributed by atoms with E-state index in [1.807, 2.05) is 0 Å². The maximum atomic E-state index is 10.5. The number of hydroxylamine groups is 3. The minimum absolute atomic E-state index is 0.209. The average molecular weight is 339 g/mol. The molecule has 0 amide bonds. The molecule has 6 nitrogen and oxygen atoms in total. The van der Waals surface area contributed by atoms with Gasteiger partial charge in [0.05, 0.1) is 4.97 Å². The number of nitrogens with zero attached hydrogens (tertiary/aromatic N) is 1. The third-order valence-electron chi connectivity index (χ3n) is 3.87. The fourth-order valence-electron chi connectivity index (χ4n) is 2.46. The van der Waals surface area contributed by atoms with E-state index in [4.69, 9.17) is 19.4 Å². The van der Waals surface area contributed by atoms with Crippen LogP contribution in [0, 0.1) is 0 Å². The topological polar surface area (TPSA) is 65.0 Å². The van der Waals surface area contributed by atoms with E-state index in [9.17, 15) is 4.57 Å². The molecular formula is C15H34NO5P+2. The first kappa shape index (κ1) is 21.9. The summed E-state index contributed by atoms with van der Waals surface area (Å²) in [5.41, 5.74) is 0. The van der Waals surface area contributed by atoms with Crippen LogP contribution in [-0.2, 0) is 19.1 Å². The van der Waals surface area contributed by atoms with Crippen LogP contribution in [0.4, 0.5) is 0 Å². The third-order valence-corrected chi connectivity index (χ3v) is 4.56. The Morgan fingerprint density at radius 3 is 1.45 bits per heavy atom. The van der Waals surface area contributed by atoms with E-state index in [2.05, 4.69) is 0 Å². The minimum atomic E-state index is -1.93. The minimum Gasteiger partial charge on any atom is -0.161 e. The molecule has 1 unspecified atom stereocenters. The van der Waals surface area contributed by atoms with Gasteiger partial charge in [0.25, 0.3) is 0 Å². The van der Waals surface area contributed by atoms with E-state index >= 15 is 0 Å². The number of rotatable bonds is 16. The summed E-state index contributed by atoms with van der Waals surface area (Å²) < 4.78 is 10.5. The first-order valence-electron chi connectivity index (χ1n) is 8.29. The molecule has 0 aliphatic carbocycles. The SMILES string of the molecule is CO[N+](CCCCCCCCCCCC[P+](=O)O)(OC)OC. The quantitative estimate of drug-likeness (QED) is 0.198. The Morgan fingerprint density at radius 1 is 0.727 bits per heavy atom. The molecule has 0 fully saturated rings. The maximum Gasteiger partial charge on any atom is 0.505 e. The van der Waals surface area contributed by atoms with E-state index in [1.165, 1.54) is 38.5 Å². The lowest BCUT2D eigenvalue weighted by Crippen LogP contribution is -2.45. The molecule has 0 saturated carbocycles. The Bertz CT molecular complexity index is 266. The molecule has 1 atom stereocenters. The summed E-state index contributed by atoms with van der Waals surface area (Å²) in [5, 5.41) is 0. The molecule has 0 heterocycles. The largest absolute Gasteiger partial charge is 0.505 e. The lowest BCUT2D eigenvalue weighted by Gasteiger charge is -2.24. The van der Waals surface area contributed by atoms with Gasteiger partial charge in [-0.05, 0) is 23.8 Å². The predicted octanol–water partition coefficient (Wildman–Crippen LogP) is 4.12. The van der Waals surface area contributed by atoms with E-state index in [0.29, 0.717) is 12.7 Å². The van der Waals surface area contributed by atoms with Crippen molar-refractivity contribution in [3.05, 3.63) is 0 Å². The molecule has 7 heteroatoms. The van der Waals surface area contributed by atoms with Crippen LogP contribution in [0.5, 0.6) is 0 Å². The molecule has 0 rings (SSSR count). The zero-order valence-electron chi connectivity index (χ0n) is 14.5. The number of quaternary nitrogens is 1. The van der Waals surface area contributed by atoms with E-state index in [0.717, 1.165) is 25.7 Å². The normalized spacial score (nSPS) is 12.6. The second-order valence-electron chi connectivity index (χ2n) is 5.49. The van der Waals surface area contributed by atoms with Crippen molar-refractivity contribution in [2.24, 2.45) is 0 Å². The number of unbranched alkanes of at least 4 members (excludes halogenated alkanes) is 9. The molecule has 0 aromatic heterocycles. The van der Waals surface area contributed by atoms with Crippen LogP contribution < -0.4 is 0 Å². The van der Waals surface area contributed by atoms with Gasteiger partial charge in [-0.2, -0.15) is 4.89 Å². The Balaban J connectivity index is 3.32. The van der Waals surface area contributed by atoms with Crippen molar-refractivity contribution in [1.82, 2.24) is 0 Å². The van der Waals surface area contributed by atoms with Crippen LogP contribution >= 0.6 is 8.03 Å². The molecule has 1 N–H and O–H groups in total. The van der Waals surface area contributed by atoms with Crippen molar-refractivity contribution in [2.75, 3.05) is 34.0 Å². The van der Waals surface area contributed by atoms with Gasteiger partial charge in [-0.25, -0.2) is 0 Å². The molecular weight excluding hydrogens is 305 g/mol. The second-order valence-corrected chi connectivity index (χ2v) is 6.65. The highest BCUT2D eigenvalue weighted by Crippen LogP contribution is 2.17. The molecule has 0 spiro atoms. The first-order valence-corrected chi connectivity index (χ1v) is 9.69. The van der Waals surface area contributed by atoms with Crippen LogP contribution in [-0.4, -0.2) is 43.9 Å². The van der Waals surface area contributed by atoms with Crippen LogP contribution in [0.2, 0.25) is 0 Å². The van der Waals surface area contributed by atoms with Crippen molar-refractivity contribution in [1.29, 1.82) is 0 Å². The molecule has 0 saturated heterocycles. The van der Waals surface area contributed by atoms with Gasteiger partial charge in [0, 0.05) is 6.42 Å². The fraction of sp³-hybridized carbons (Fsp3) is 1.00. The molecule has 22 heavy (non-hydrogen) atoms. The van der Waals surface area contributed by atoms with Gasteiger partial charge >= 0.3 is 8.03 Å². The second kappa shape index (κ2) is 14.5. The number of hydrogen-bond donors (Lipinski definition) is 1. The van der Waals surface area contributed by atoms with Gasteiger partial charge in [-0.15, -0.1) is 14.5 Å². The Kier molecular flexibility index (Phi) is 14.4. The van der Waals surface area contributed by atoms with Crippen molar-refractivity contribution in [3.63, 3.8) is 0 Å². The van der Waals surface area contributed by atoms with Crippen molar-refractivity contribution in [3.8, 4) is 0 Å². The molecule has 0 aliphatic heterocycles. The van der Waals surface area contributed by atoms with Crippen LogP contribution in [0.3, 0.4) is 0 Å². The summed E-state index contributed by atoms with van der Waals surface area (Å²) in [6.45, 7) is 0.691. The van der Waals surface area contributed by atoms with Crippen LogP contribution in [0.1, 0.15) is 64.2 Å². The molecule has 0 aliphatic rings. The van der Waals surface area contributed by atoms with Gasteiger partial charge in [0.15, 0.2) is 12.7 Å². The molecule has 0 aromatic rings. The fourth-order valence-corrected chi connectivity index (χ4v) is 2.96. The monoisotopic (exact) mass is 339 g/mol. The molecule has 0 radical (unpaired) electrons. The summed E-state index contributed by atoms with van der Waals surface area (Å²) in [7, 11) is 2.80. The lowest BCUT2D eigenvalue weighted by molar-refractivity contribution is -1.36. The first-order chi connectivity index (χ1) is 10.6. The third kappa shape index (κ3) is 11.5.